The van der Waals surface area contributed by atoms with E-state index in [1.54, 1.807) is 12.3 Å². The van der Waals surface area contributed by atoms with Crippen LogP contribution >= 0.6 is 22.7 Å². The number of alkyl halides is 6. The molecule has 2 aromatic heterocycles. The van der Waals surface area contributed by atoms with E-state index in [4.69, 9.17) is 9.84 Å². The van der Waals surface area contributed by atoms with Gasteiger partial charge in [-0.05, 0) is 31.2 Å². The summed E-state index contributed by atoms with van der Waals surface area (Å²) in [5.41, 5.74) is 0.302. The zero-order chi connectivity index (χ0) is 28.1. The zero-order valence-electron chi connectivity index (χ0n) is 19.1. The molecule has 4 aromatic rings. The molecule has 200 valence electrons. The molecule has 0 saturated carbocycles. The fourth-order valence-electron chi connectivity index (χ4n) is 2.86. The van der Waals surface area contributed by atoms with E-state index in [0.717, 1.165) is 46.9 Å². The van der Waals surface area contributed by atoms with E-state index in [1.165, 1.54) is 29.6 Å². The molecule has 4 rings (SSSR count). The second-order valence-corrected chi connectivity index (χ2v) is 8.97. The van der Waals surface area contributed by atoms with Crippen LogP contribution in [-0.4, -0.2) is 33.6 Å². The Morgan fingerprint density at radius 3 is 1.50 bits per heavy atom. The third kappa shape index (κ3) is 7.38. The Hall–Kier alpha value is -3.78. The molecule has 6 nitrogen and oxygen atoms in total. The lowest BCUT2D eigenvalue weighted by molar-refractivity contribution is -0.138. The van der Waals surface area contributed by atoms with Gasteiger partial charge in [-0.2, -0.15) is 26.3 Å². The number of carboxylic acid groups (broad SMARTS) is 1. The Bertz CT molecular complexity index is 1400. The highest BCUT2D eigenvalue weighted by molar-refractivity contribution is 7.12. The van der Waals surface area contributed by atoms with Gasteiger partial charge in [0.05, 0.1) is 29.1 Å². The molecule has 1 N–H and O–H groups in total. The molecule has 2 heterocycles. The summed E-state index contributed by atoms with van der Waals surface area (Å²) in [7, 11) is 0. The van der Waals surface area contributed by atoms with Gasteiger partial charge in [-0.1, -0.05) is 24.3 Å². The maximum absolute atomic E-state index is 12.4. The lowest BCUT2D eigenvalue weighted by Crippen LogP contribution is -2.04. The molecule has 0 radical (unpaired) electrons. The number of carbonyl (C=O) groups excluding carboxylic acids is 1. The first kappa shape index (κ1) is 28.8. The van der Waals surface area contributed by atoms with Crippen LogP contribution < -0.4 is 0 Å². The number of halogens is 6. The Balaban J connectivity index is 0.000000212. The highest BCUT2D eigenvalue weighted by atomic mass is 32.1. The number of benzene rings is 2. The molecule has 0 aliphatic carbocycles. The van der Waals surface area contributed by atoms with Gasteiger partial charge < -0.3 is 9.84 Å². The Labute approximate surface area is 219 Å². The van der Waals surface area contributed by atoms with Crippen LogP contribution in [-0.2, 0) is 17.1 Å². The number of aromatic carboxylic acids is 1. The van der Waals surface area contributed by atoms with Gasteiger partial charge in [0.15, 0.2) is 0 Å². The molecule has 0 bridgehead atoms. The van der Waals surface area contributed by atoms with E-state index >= 15 is 0 Å². The fraction of sp³-hybridized carbons (Fsp3) is 0.167. The van der Waals surface area contributed by atoms with Crippen LogP contribution in [0.4, 0.5) is 26.3 Å². The SMILES string of the molecule is CCOC(=O)c1nc(-c2ccc(C(F)(F)F)cc2)cs1.O=C(O)c1nc(-c2ccc(C(F)(F)F)cc2)cs1. The second-order valence-electron chi connectivity index (χ2n) is 7.25. The lowest BCUT2D eigenvalue weighted by Gasteiger charge is -2.06. The molecule has 0 spiro atoms. The third-order valence-corrected chi connectivity index (χ3v) is 6.31. The summed E-state index contributed by atoms with van der Waals surface area (Å²) in [6.45, 7) is 1.93. The quantitative estimate of drug-likeness (QED) is 0.196. The molecular formula is C24H16F6N2O4S2. The predicted molar refractivity (Wildman–Crippen MR) is 128 cm³/mol. The number of ether oxygens (including phenoxy) is 1. The number of carboxylic acids is 1. The monoisotopic (exact) mass is 574 g/mol. The molecule has 0 fully saturated rings. The minimum Gasteiger partial charge on any atom is -0.476 e. The summed E-state index contributed by atoms with van der Waals surface area (Å²) >= 11 is 2.02. The summed E-state index contributed by atoms with van der Waals surface area (Å²) in [5.74, 6) is -1.69. The minimum atomic E-state index is -4.38. The predicted octanol–water partition coefficient (Wildman–Crippen LogP) is 7.53. The van der Waals surface area contributed by atoms with Crippen LogP contribution in [0, 0.1) is 0 Å². The highest BCUT2D eigenvalue weighted by Gasteiger charge is 2.31. The van der Waals surface area contributed by atoms with E-state index in [0.29, 0.717) is 22.5 Å². The molecule has 14 heteroatoms. The van der Waals surface area contributed by atoms with Gasteiger partial charge in [-0.15, -0.1) is 22.7 Å². The van der Waals surface area contributed by atoms with Crippen molar-refractivity contribution in [3.05, 3.63) is 80.4 Å². The Kier molecular flexibility index (Phi) is 8.89. The van der Waals surface area contributed by atoms with Crippen molar-refractivity contribution in [3.8, 4) is 22.5 Å². The molecule has 0 unspecified atom stereocenters. The van der Waals surface area contributed by atoms with Gasteiger partial charge in [0.2, 0.25) is 10.0 Å². The smallest absolute Gasteiger partial charge is 0.416 e. The lowest BCUT2D eigenvalue weighted by atomic mass is 10.1. The molecule has 0 saturated heterocycles. The number of esters is 1. The van der Waals surface area contributed by atoms with E-state index < -0.39 is 35.4 Å². The normalized spacial score (nSPS) is 11.4. The van der Waals surface area contributed by atoms with Gasteiger partial charge in [-0.3, -0.25) is 0 Å². The number of rotatable bonds is 5. The number of carbonyl (C=O) groups is 2. The van der Waals surface area contributed by atoms with Gasteiger partial charge in [0, 0.05) is 21.9 Å². The van der Waals surface area contributed by atoms with Crippen LogP contribution in [0.25, 0.3) is 22.5 Å². The van der Waals surface area contributed by atoms with E-state index in [-0.39, 0.29) is 16.6 Å². The maximum atomic E-state index is 12.4. The van der Waals surface area contributed by atoms with E-state index in [9.17, 15) is 35.9 Å². The maximum Gasteiger partial charge on any atom is 0.416 e. The topological polar surface area (TPSA) is 89.4 Å². The molecule has 0 aliphatic rings. The molecule has 0 atom stereocenters. The number of thiazole rings is 2. The molecule has 0 amide bonds. The summed E-state index contributed by atoms with van der Waals surface area (Å²) < 4.78 is 79.1. The molecular weight excluding hydrogens is 558 g/mol. The van der Waals surface area contributed by atoms with Gasteiger partial charge in [0.1, 0.15) is 0 Å². The fourth-order valence-corrected chi connectivity index (χ4v) is 4.24. The van der Waals surface area contributed by atoms with E-state index in [2.05, 4.69) is 9.97 Å². The summed E-state index contributed by atoms with van der Waals surface area (Å²) in [6.07, 6.45) is -8.75. The summed E-state index contributed by atoms with van der Waals surface area (Å²) in [5, 5.41) is 11.9. The number of aromatic nitrogens is 2. The average Bonchev–Trinajstić information content (AvgIpc) is 3.55. The van der Waals surface area contributed by atoms with Crippen LogP contribution in [0.5, 0.6) is 0 Å². The average molecular weight is 575 g/mol. The van der Waals surface area contributed by atoms with Crippen molar-refractivity contribution in [2.45, 2.75) is 19.3 Å². The van der Waals surface area contributed by atoms with Crippen molar-refractivity contribution >= 4 is 34.6 Å². The van der Waals surface area contributed by atoms with Gasteiger partial charge >= 0.3 is 24.3 Å². The minimum absolute atomic E-state index is 0.0927. The van der Waals surface area contributed by atoms with Gasteiger partial charge in [-0.25, -0.2) is 19.6 Å². The molecule has 0 aliphatic heterocycles. The summed E-state index contributed by atoms with van der Waals surface area (Å²) in [4.78, 5) is 29.9. The summed E-state index contributed by atoms with van der Waals surface area (Å²) in [6, 6.07) is 9.04. The van der Waals surface area contributed by atoms with Crippen LogP contribution in [0.15, 0.2) is 59.3 Å². The second kappa shape index (κ2) is 11.7. The molecule has 2 aromatic carbocycles. The van der Waals surface area contributed by atoms with Crippen LogP contribution in [0.1, 0.15) is 37.7 Å². The van der Waals surface area contributed by atoms with Crippen LogP contribution in [0.3, 0.4) is 0 Å². The van der Waals surface area contributed by atoms with Crippen molar-refractivity contribution in [3.63, 3.8) is 0 Å². The first-order chi connectivity index (χ1) is 17.8. The number of nitrogens with zero attached hydrogens (tertiary/aromatic N) is 2. The molecule has 38 heavy (non-hydrogen) atoms. The Morgan fingerprint density at radius 1 is 0.763 bits per heavy atom. The van der Waals surface area contributed by atoms with Crippen molar-refractivity contribution < 1.29 is 45.8 Å². The zero-order valence-corrected chi connectivity index (χ0v) is 20.8. The van der Waals surface area contributed by atoms with E-state index in [1.807, 2.05) is 0 Å². The van der Waals surface area contributed by atoms with Crippen molar-refractivity contribution in [2.75, 3.05) is 6.61 Å². The first-order valence-electron chi connectivity index (χ1n) is 10.5. The van der Waals surface area contributed by atoms with Crippen molar-refractivity contribution in [2.24, 2.45) is 0 Å². The standard InChI is InChI=1S/C13H10F3NO2S.C11H6F3NO2S/c1-2-19-12(18)11-17-10(7-20-11)8-3-5-9(6-4-8)13(14,15)16;12-11(13,14)7-3-1-6(2-4-7)8-5-18-9(15-8)10(16)17/h3-7H,2H2,1H3;1-5H,(H,16,17). The number of hydrogen-bond acceptors (Lipinski definition) is 7. The third-order valence-electron chi connectivity index (χ3n) is 4.66. The first-order valence-corrected chi connectivity index (χ1v) is 12.2. The van der Waals surface area contributed by atoms with Crippen molar-refractivity contribution in [1.29, 1.82) is 0 Å². The van der Waals surface area contributed by atoms with Crippen molar-refractivity contribution in [1.82, 2.24) is 9.97 Å². The van der Waals surface area contributed by atoms with Crippen LogP contribution in [0.2, 0.25) is 0 Å². The largest absolute Gasteiger partial charge is 0.476 e. The van der Waals surface area contributed by atoms with Gasteiger partial charge in [0.25, 0.3) is 0 Å². The Morgan fingerprint density at radius 2 is 1.16 bits per heavy atom. The number of hydrogen-bond donors (Lipinski definition) is 1. The highest BCUT2D eigenvalue weighted by Crippen LogP contribution is 2.32.